The average Bonchev–Trinajstić information content (AvgIpc) is 2.37. The first-order valence-electron chi connectivity index (χ1n) is 5.41. The smallest absolute Gasteiger partial charge is 0.374 e. The molecular weight excluding hydrogens is 232 g/mol. The average molecular weight is 244 g/mol. The monoisotopic (exact) mass is 244 g/mol. The van der Waals surface area contributed by atoms with Gasteiger partial charge in [0.2, 0.25) is 5.76 Å². The molecule has 0 aliphatic heterocycles. The van der Waals surface area contributed by atoms with Crippen LogP contribution < -0.4 is 5.43 Å². The SMILES string of the molecule is C=CCc1ccc2c(=O)cc(C(=O)OC)oc2c1. The number of carbonyl (C=O) groups is 1. The second-order valence-corrected chi connectivity index (χ2v) is 3.79. The highest BCUT2D eigenvalue weighted by atomic mass is 16.5. The van der Waals surface area contributed by atoms with Crippen molar-refractivity contribution < 1.29 is 13.9 Å². The number of carbonyl (C=O) groups excluding carboxylic acids is 1. The highest BCUT2D eigenvalue weighted by Crippen LogP contribution is 2.15. The van der Waals surface area contributed by atoms with Gasteiger partial charge in [0, 0.05) is 6.07 Å². The third-order valence-corrected chi connectivity index (χ3v) is 2.56. The maximum absolute atomic E-state index is 11.8. The van der Waals surface area contributed by atoms with Crippen LogP contribution in [0, 0.1) is 0 Å². The van der Waals surface area contributed by atoms with E-state index < -0.39 is 5.97 Å². The van der Waals surface area contributed by atoms with Crippen molar-refractivity contribution in [2.45, 2.75) is 6.42 Å². The number of allylic oxidation sites excluding steroid dienone is 1. The molecule has 0 aliphatic carbocycles. The Balaban J connectivity index is 2.64. The number of ether oxygens (including phenoxy) is 1. The predicted octanol–water partition coefficient (Wildman–Crippen LogP) is 2.31. The van der Waals surface area contributed by atoms with Crippen molar-refractivity contribution in [1.82, 2.24) is 0 Å². The Labute approximate surface area is 103 Å². The molecule has 0 amide bonds. The Morgan fingerprint density at radius 1 is 1.44 bits per heavy atom. The van der Waals surface area contributed by atoms with Gasteiger partial charge in [0.25, 0.3) is 0 Å². The van der Waals surface area contributed by atoms with Gasteiger partial charge < -0.3 is 9.15 Å². The first-order chi connectivity index (χ1) is 8.65. The number of hydrogen-bond donors (Lipinski definition) is 0. The second kappa shape index (κ2) is 4.87. The third kappa shape index (κ3) is 2.18. The van der Waals surface area contributed by atoms with Crippen molar-refractivity contribution in [3.8, 4) is 0 Å². The molecule has 2 rings (SSSR count). The summed E-state index contributed by atoms with van der Waals surface area (Å²) in [5.41, 5.74) is 1.08. The number of hydrogen-bond acceptors (Lipinski definition) is 4. The van der Waals surface area contributed by atoms with Gasteiger partial charge in [0.1, 0.15) is 5.58 Å². The van der Waals surface area contributed by atoms with Gasteiger partial charge >= 0.3 is 5.97 Å². The normalized spacial score (nSPS) is 10.3. The molecule has 0 spiro atoms. The van der Waals surface area contributed by atoms with Crippen molar-refractivity contribution in [3.05, 3.63) is 58.5 Å². The number of methoxy groups -OCH3 is 1. The van der Waals surface area contributed by atoms with E-state index in [-0.39, 0.29) is 11.2 Å². The van der Waals surface area contributed by atoms with Crippen LogP contribution in [0.15, 0.2) is 46.1 Å². The van der Waals surface area contributed by atoms with E-state index >= 15 is 0 Å². The van der Waals surface area contributed by atoms with Crippen LogP contribution in [0.25, 0.3) is 11.0 Å². The van der Waals surface area contributed by atoms with E-state index in [1.54, 1.807) is 18.2 Å². The molecule has 1 heterocycles. The van der Waals surface area contributed by atoms with Gasteiger partial charge in [-0.25, -0.2) is 4.79 Å². The highest BCUT2D eigenvalue weighted by molar-refractivity contribution is 5.88. The summed E-state index contributed by atoms with van der Waals surface area (Å²) in [6.45, 7) is 3.65. The van der Waals surface area contributed by atoms with Gasteiger partial charge in [0.15, 0.2) is 5.43 Å². The van der Waals surface area contributed by atoms with Gasteiger partial charge in [-0.05, 0) is 24.1 Å². The lowest BCUT2D eigenvalue weighted by Gasteiger charge is -2.03. The molecule has 0 aliphatic rings. The van der Waals surface area contributed by atoms with E-state index in [0.717, 1.165) is 11.6 Å². The standard InChI is InChI=1S/C14H12O4/c1-3-4-9-5-6-10-11(15)8-13(14(16)17-2)18-12(10)7-9/h3,5-8H,1,4H2,2H3. The molecule has 0 unspecified atom stereocenters. The first-order valence-corrected chi connectivity index (χ1v) is 5.41. The molecule has 0 atom stereocenters. The summed E-state index contributed by atoms with van der Waals surface area (Å²) in [4.78, 5) is 23.2. The third-order valence-electron chi connectivity index (χ3n) is 2.56. The molecule has 18 heavy (non-hydrogen) atoms. The van der Waals surface area contributed by atoms with Gasteiger partial charge in [-0.3, -0.25) is 4.79 Å². The van der Waals surface area contributed by atoms with E-state index in [0.29, 0.717) is 17.4 Å². The van der Waals surface area contributed by atoms with Gasteiger partial charge in [-0.2, -0.15) is 0 Å². The van der Waals surface area contributed by atoms with Crippen molar-refractivity contribution in [2.75, 3.05) is 7.11 Å². The largest absolute Gasteiger partial charge is 0.463 e. The van der Waals surface area contributed by atoms with Crippen molar-refractivity contribution in [2.24, 2.45) is 0 Å². The molecule has 92 valence electrons. The van der Waals surface area contributed by atoms with Crippen LogP contribution in [-0.4, -0.2) is 13.1 Å². The summed E-state index contributed by atoms with van der Waals surface area (Å²) >= 11 is 0. The quantitative estimate of drug-likeness (QED) is 0.614. The van der Waals surface area contributed by atoms with Crippen LogP contribution in [0.5, 0.6) is 0 Å². The molecule has 0 bridgehead atoms. The molecule has 0 saturated heterocycles. The lowest BCUT2D eigenvalue weighted by Crippen LogP contribution is -2.08. The van der Waals surface area contributed by atoms with Crippen LogP contribution in [-0.2, 0) is 11.2 Å². The number of esters is 1. The lowest BCUT2D eigenvalue weighted by molar-refractivity contribution is 0.0565. The Kier molecular flexibility index (Phi) is 3.28. The number of benzene rings is 1. The zero-order valence-electron chi connectivity index (χ0n) is 9.93. The topological polar surface area (TPSA) is 56.5 Å². The van der Waals surface area contributed by atoms with Crippen molar-refractivity contribution in [1.29, 1.82) is 0 Å². The minimum atomic E-state index is -0.664. The maximum atomic E-state index is 11.8. The molecular formula is C14H12O4. The minimum Gasteiger partial charge on any atom is -0.463 e. The van der Waals surface area contributed by atoms with Crippen LogP contribution in [0.2, 0.25) is 0 Å². The number of rotatable bonds is 3. The van der Waals surface area contributed by atoms with Gasteiger partial charge in [-0.15, -0.1) is 6.58 Å². The highest BCUT2D eigenvalue weighted by Gasteiger charge is 2.12. The summed E-state index contributed by atoms with van der Waals surface area (Å²) < 4.78 is 9.90. The summed E-state index contributed by atoms with van der Waals surface area (Å²) in [5.74, 6) is -0.756. The Bertz CT molecular complexity index is 667. The minimum absolute atomic E-state index is 0.0919. The van der Waals surface area contributed by atoms with Crippen LogP contribution >= 0.6 is 0 Å². The molecule has 0 saturated carbocycles. The zero-order valence-corrected chi connectivity index (χ0v) is 9.93. The molecule has 4 heteroatoms. The molecule has 2 aromatic rings. The fraction of sp³-hybridized carbons (Fsp3) is 0.143. The molecule has 1 aromatic carbocycles. The number of fused-ring (bicyclic) bond motifs is 1. The van der Waals surface area contributed by atoms with E-state index in [9.17, 15) is 9.59 Å². The zero-order chi connectivity index (χ0) is 13.1. The second-order valence-electron chi connectivity index (χ2n) is 3.79. The molecule has 1 aromatic heterocycles. The Morgan fingerprint density at radius 2 is 2.22 bits per heavy atom. The van der Waals surface area contributed by atoms with Crippen LogP contribution in [0.4, 0.5) is 0 Å². The van der Waals surface area contributed by atoms with Crippen molar-refractivity contribution >= 4 is 16.9 Å². The Morgan fingerprint density at radius 3 is 2.89 bits per heavy atom. The van der Waals surface area contributed by atoms with Crippen molar-refractivity contribution in [3.63, 3.8) is 0 Å². The fourth-order valence-corrected chi connectivity index (χ4v) is 1.69. The van der Waals surface area contributed by atoms with E-state index in [4.69, 9.17) is 4.42 Å². The maximum Gasteiger partial charge on any atom is 0.374 e. The molecule has 0 radical (unpaired) electrons. The van der Waals surface area contributed by atoms with Crippen LogP contribution in [0.3, 0.4) is 0 Å². The predicted molar refractivity (Wildman–Crippen MR) is 67.7 cm³/mol. The van der Waals surface area contributed by atoms with Crippen LogP contribution in [0.1, 0.15) is 16.1 Å². The molecule has 0 N–H and O–H groups in total. The fourth-order valence-electron chi connectivity index (χ4n) is 1.69. The summed E-state index contributed by atoms with van der Waals surface area (Å²) in [6.07, 6.45) is 2.42. The Hall–Kier alpha value is -2.36. The van der Waals surface area contributed by atoms with Gasteiger partial charge in [0.05, 0.1) is 12.5 Å². The summed E-state index contributed by atoms with van der Waals surface area (Å²) in [5, 5.41) is 0.440. The van der Waals surface area contributed by atoms with E-state index in [1.165, 1.54) is 7.11 Å². The molecule has 4 nitrogen and oxygen atoms in total. The van der Waals surface area contributed by atoms with E-state index in [2.05, 4.69) is 11.3 Å². The first kappa shape index (κ1) is 12.1. The van der Waals surface area contributed by atoms with Gasteiger partial charge in [-0.1, -0.05) is 12.1 Å². The summed E-state index contributed by atoms with van der Waals surface area (Å²) in [6, 6.07) is 6.38. The van der Waals surface area contributed by atoms with E-state index in [1.807, 2.05) is 6.07 Å². The summed E-state index contributed by atoms with van der Waals surface area (Å²) in [7, 11) is 1.24. The lowest BCUT2D eigenvalue weighted by atomic mass is 10.1. The molecule has 0 fully saturated rings.